The van der Waals surface area contributed by atoms with Gasteiger partial charge in [0.25, 0.3) is 0 Å². The van der Waals surface area contributed by atoms with Crippen LogP contribution in [-0.4, -0.2) is 4.57 Å². The lowest BCUT2D eigenvalue weighted by Gasteiger charge is -2.27. The molecule has 1 aromatic heterocycles. The van der Waals surface area contributed by atoms with Gasteiger partial charge < -0.3 is 9.47 Å². The Morgan fingerprint density at radius 1 is 0.348 bits per heavy atom. The summed E-state index contributed by atoms with van der Waals surface area (Å²) in [6, 6.07) is 86.9. The van der Waals surface area contributed by atoms with Gasteiger partial charge in [0.2, 0.25) is 0 Å². The Bertz CT molecular complexity index is 3830. The lowest BCUT2D eigenvalue weighted by Crippen LogP contribution is -2.10. The van der Waals surface area contributed by atoms with Gasteiger partial charge in [0.1, 0.15) is 0 Å². The van der Waals surface area contributed by atoms with Gasteiger partial charge in [-0.05, 0) is 139 Å². The van der Waals surface area contributed by atoms with E-state index >= 15 is 0 Å². The van der Waals surface area contributed by atoms with Gasteiger partial charge in [0.15, 0.2) is 0 Å². The SMILES string of the molecule is C1=CC2C3C(=CC=C(c4c(-c5ccc(N(c6ccc(-c7ccccc7)cc6)c6ccc(-c7cccc8ccccc78)cc6)cc5)cccc4-n4c5ccccc5c5ccccc54)C23)c2ccccc21. The molecule has 2 nitrogen and oxygen atoms in total. The predicted molar refractivity (Wildman–Crippen MR) is 291 cm³/mol. The van der Waals surface area contributed by atoms with Crippen molar-refractivity contribution in [3.63, 3.8) is 0 Å². The summed E-state index contributed by atoms with van der Waals surface area (Å²) in [7, 11) is 0. The summed E-state index contributed by atoms with van der Waals surface area (Å²) in [4.78, 5) is 2.39. The quantitative estimate of drug-likeness (QED) is 0.148. The number of allylic oxidation sites excluding steroid dienone is 5. The zero-order chi connectivity index (χ0) is 45.4. The van der Waals surface area contributed by atoms with Crippen LogP contribution in [0.4, 0.5) is 17.1 Å². The minimum Gasteiger partial charge on any atom is -0.311 e. The first-order chi connectivity index (χ1) is 34.2. The Kier molecular flexibility index (Phi) is 9.13. The number of benzene rings is 10. The third-order valence-corrected chi connectivity index (χ3v) is 15.1. The zero-order valence-electron chi connectivity index (χ0n) is 38.0. The molecule has 14 rings (SSSR count). The molecule has 3 atom stereocenters. The summed E-state index contributed by atoms with van der Waals surface area (Å²) in [5.74, 6) is 1.31. The van der Waals surface area contributed by atoms with Crippen LogP contribution in [0.3, 0.4) is 0 Å². The average Bonchev–Trinajstić information content (AvgIpc) is 4.10. The van der Waals surface area contributed by atoms with Crippen molar-refractivity contribution in [2.24, 2.45) is 17.8 Å². The van der Waals surface area contributed by atoms with Crippen molar-refractivity contribution in [2.75, 3.05) is 4.90 Å². The molecule has 0 amide bonds. The molecule has 3 aliphatic carbocycles. The second-order valence-corrected chi connectivity index (χ2v) is 18.8. The van der Waals surface area contributed by atoms with E-state index in [0.717, 1.165) is 17.1 Å². The Morgan fingerprint density at radius 3 is 1.55 bits per heavy atom. The first kappa shape index (κ1) is 39.4. The van der Waals surface area contributed by atoms with Crippen molar-refractivity contribution in [2.45, 2.75) is 0 Å². The summed E-state index contributed by atoms with van der Waals surface area (Å²) in [5, 5.41) is 5.05. The van der Waals surface area contributed by atoms with Gasteiger partial charge in [-0.1, -0.05) is 206 Å². The smallest absolute Gasteiger partial charge is 0.0543 e. The van der Waals surface area contributed by atoms with Crippen LogP contribution < -0.4 is 4.90 Å². The van der Waals surface area contributed by atoms with Crippen molar-refractivity contribution < 1.29 is 0 Å². The van der Waals surface area contributed by atoms with Crippen LogP contribution in [0.1, 0.15) is 16.7 Å². The molecule has 3 unspecified atom stereocenters. The van der Waals surface area contributed by atoms with Crippen molar-refractivity contribution in [1.82, 2.24) is 4.57 Å². The fourth-order valence-corrected chi connectivity index (χ4v) is 11.8. The fraction of sp³-hybridized carbons (Fsp3) is 0.0448. The molecular formula is C67H46N2. The molecule has 0 aliphatic heterocycles. The van der Waals surface area contributed by atoms with Crippen molar-refractivity contribution >= 4 is 66.9 Å². The number of para-hydroxylation sites is 2. The van der Waals surface area contributed by atoms with Gasteiger partial charge in [0.05, 0.1) is 16.7 Å². The standard InChI is InChI=1S/C67H46N2/c1-2-14-44(15-3-1)45-28-35-50(36-29-45)68(51-37-30-48(31-38-51)54-23-12-18-46-16-4-6-19-53(46)54)52-39-32-49(33-40-52)56-24-13-27-64(69-62-25-10-8-21-57(62)58-22-9-11-26-63(58)69)65(56)60-43-42-59-55-20-7-5-17-47(55)34-41-61-66(59)67(60)61/h1-43,61,66-67H. The summed E-state index contributed by atoms with van der Waals surface area (Å²) < 4.78 is 2.52. The largest absolute Gasteiger partial charge is 0.311 e. The topological polar surface area (TPSA) is 8.17 Å². The minimum atomic E-state index is 0.396. The highest BCUT2D eigenvalue weighted by Crippen LogP contribution is 2.65. The zero-order valence-corrected chi connectivity index (χ0v) is 38.0. The molecule has 1 heterocycles. The fourth-order valence-electron chi connectivity index (χ4n) is 11.8. The second-order valence-electron chi connectivity index (χ2n) is 18.8. The molecule has 0 radical (unpaired) electrons. The Labute approximate surface area is 402 Å². The van der Waals surface area contributed by atoms with Gasteiger partial charge in [0, 0.05) is 33.4 Å². The number of aromatic nitrogens is 1. The van der Waals surface area contributed by atoms with Crippen LogP contribution in [0.5, 0.6) is 0 Å². The summed E-state index contributed by atoms with van der Waals surface area (Å²) >= 11 is 0. The number of fused-ring (bicyclic) bond motifs is 7. The van der Waals surface area contributed by atoms with Crippen molar-refractivity contribution in [3.8, 4) is 39.1 Å². The maximum absolute atomic E-state index is 2.52. The van der Waals surface area contributed by atoms with Crippen LogP contribution in [-0.2, 0) is 0 Å². The molecule has 2 heteroatoms. The molecule has 0 bridgehead atoms. The third-order valence-electron chi connectivity index (χ3n) is 15.1. The Morgan fingerprint density at radius 2 is 0.841 bits per heavy atom. The molecule has 0 saturated heterocycles. The molecule has 69 heavy (non-hydrogen) atoms. The highest BCUT2D eigenvalue weighted by molar-refractivity contribution is 6.10. The highest BCUT2D eigenvalue weighted by atomic mass is 15.1. The molecular weight excluding hydrogens is 833 g/mol. The van der Waals surface area contributed by atoms with Gasteiger partial charge in [-0.15, -0.1) is 0 Å². The monoisotopic (exact) mass is 878 g/mol. The van der Waals surface area contributed by atoms with E-state index in [0.29, 0.717) is 17.8 Å². The lowest BCUT2D eigenvalue weighted by atomic mass is 9.84. The maximum atomic E-state index is 2.52. The molecule has 3 aliphatic rings. The van der Waals surface area contributed by atoms with Gasteiger partial charge >= 0.3 is 0 Å². The second kappa shape index (κ2) is 16.0. The van der Waals surface area contributed by atoms with Gasteiger partial charge in [-0.2, -0.15) is 0 Å². The predicted octanol–water partition coefficient (Wildman–Crippen LogP) is 17.8. The molecule has 11 aromatic rings. The summed E-state index contributed by atoms with van der Waals surface area (Å²) in [5.41, 5.74) is 21.1. The summed E-state index contributed by atoms with van der Waals surface area (Å²) in [6.07, 6.45) is 9.75. The van der Waals surface area contributed by atoms with E-state index in [-0.39, 0.29) is 0 Å². The minimum absolute atomic E-state index is 0.396. The van der Waals surface area contributed by atoms with Gasteiger partial charge in [-0.3, -0.25) is 0 Å². The van der Waals surface area contributed by atoms with E-state index in [1.165, 1.54) is 99.5 Å². The highest BCUT2D eigenvalue weighted by Gasteiger charge is 2.55. The van der Waals surface area contributed by atoms with Crippen LogP contribution >= 0.6 is 0 Å². The number of hydrogen-bond donors (Lipinski definition) is 0. The van der Waals surface area contributed by atoms with E-state index in [1.54, 1.807) is 0 Å². The van der Waals surface area contributed by atoms with E-state index in [9.17, 15) is 0 Å². The first-order valence-electron chi connectivity index (χ1n) is 24.2. The lowest BCUT2D eigenvalue weighted by molar-refractivity contribution is 1.01. The van der Waals surface area contributed by atoms with Crippen LogP contribution in [0.2, 0.25) is 0 Å². The van der Waals surface area contributed by atoms with Crippen molar-refractivity contribution in [1.29, 1.82) is 0 Å². The molecule has 0 spiro atoms. The first-order valence-corrected chi connectivity index (χ1v) is 24.2. The Hall–Kier alpha value is -8.72. The van der Waals surface area contributed by atoms with E-state index in [1.807, 2.05) is 0 Å². The number of anilines is 3. The Balaban J connectivity index is 0.918. The summed E-state index contributed by atoms with van der Waals surface area (Å²) in [6.45, 7) is 0. The maximum Gasteiger partial charge on any atom is 0.0543 e. The van der Waals surface area contributed by atoms with E-state index in [4.69, 9.17) is 0 Å². The number of hydrogen-bond acceptors (Lipinski definition) is 1. The van der Waals surface area contributed by atoms with Crippen LogP contribution in [0.25, 0.3) is 88.9 Å². The number of nitrogens with zero attached hydrogens (tertiary/aromatic N) is 2. The van der Waals surface area contributed by atoms with Crippen molar-refractivity contribution in [3.05, 3.63) is 272 Å². The molecule has 1 saturated carbocycles. The molecule has 324 valence electrons. The molecule has 1 fully saturated rings. The molecule has 10 aromatic carbocycles. The van der Waals surface area contributed by atoms with Crippen LogP contribution in [0, 0.1) is 17.8 Å². The third kappa shape index (κ3) is 6.48. The van der Waals surface area contributed by atoms with E-state index < -0.39 is 0 Å². The van der Waals surface area contributed by atoms with E-state index in [2.05, 4.69) is 270 Å². The van der Waals surface area contributed by atoms with Gasteiger partial charge in [-0.25, -0.2) is 0 Å². The normalized spacial score (nSPS) is 16.7. The van der Waals surface area contributed by atoms with Crippen LogP contribution in [0.15, 0.2) is 255 Å². The number of rotatable bonds is 8. The average molecular weight is 879 g/mol. The molecule has 0 N–H and O–H groups in total.